The Morgan fingerprint density at radius 3 is 2.45 bits per heavy atom. The molecule has 142 valence electrons. The van der Waals surface area contributed by atoms with Gasteiger partial charge in [-0.25, -0.2) is 4.79 Å². The van der Waals surface area contributed by atoms with Crippen molar-refractivity contribution >= 4 is 38.5 Å². The van der Waals surface area contributed by atoms with E-state index in [0.29, 0.717) is 12.2 Å². The van der Waals surface area contributed by atoms with Gasteiger partial charge in [0.1, 0.15) is 0 Å². The number of ether oxygens (including phenoxy) is 1. The number of H-pyrrole nitrogens is 1. The van der Waals surface area contributed by atoms with Gasteiger partial charge in [-0.15, -0.1) is 0 Å². The number of carbonyl (C=O) groups is 1. The molecule has 0 spiro atoms. The number of aromatic amines is 1. The molecule has 3 nitrogen and oxygen atoms in total. The molecule has 0 radical (unpaired) electrons. The molecule has 0 amide bonds. The lowest BCUT2D eigenvalue weighted by atomic mass is 9.89. The smallest absolute Gasteiger partial charge is 0.339 e. The second kappa shape index (κ2) is 6.78. The van der Waals surface area contributed by atoms with Crippen LogP contribution < -0.4 is 0 Å². The molecule has 0 aliphatic heterocycles. The third-order valence-corrected chi connectivity index (χ3v) is 5.46. The first kappa shape index (κ1) is 17.5. The van der Waals surface area contributed by atoms with Gasteiger partial charge in [-0.05, 0) is 30.9 Å². The zero-order valence-corrected chi connectivity index (χ0v) is 16.5. The molecular weight excluding hydrogens is 358 g/mol. The first-order valence-corrected chi connectivity index (χ1v) is 9.88. The third kappa shape index (κ3) is 2.70. The fourth-order valence-electron chi connectivity index (χ4n) is 4.26. The van der Waals surface area contributed by atoms with Crippen LogP contribution in [0, 0.1) is 6.92 Å². The van der Waals surface area contributed by atoms with Crippen LogP contribution in [0.25, 0.3) is 43.7 Å². The summed E-state index contributed by atoms with van der Waals surface area (Å²) in [6.45, 7) is 4.23. The van der Waals surface area contributed by atoms with Gasteiger partial charge >= 0.3 is 5.97 Å². The average Bonchev–Trinajstić information content (AvgIpc) is 3.12. The molecule has 3 heteroatoms. The van der Waals surface area contributed by atoms with Crippen molar-refractivity contribution in [3.63, 3.8) is 0 Å². The van der Waals surface area contributed by atoms with E-state index in [0.717, 1.165) is 49.3 Å². The van der Waals surface area contributed by atoms with Crippen LogP contribution in [0.15, 0.2) is 72.8 Å². The van der Waals surface area contributed by atoms with Crippen LogP contribution in [-0.2, 0) is 4.74 Å². The molecule has 0 saturated heterocycles. The first-order chi connectivity index (χ1) is 14.2. The van der Waals surface area contributed by atoms with E-state index in [4.69, 9.17) is 4.74 Å². The van der Waals surface area contributed by atoms with E-state index in [2.05, 4.69) is 47.4 Å². The van der Waals surface area contributed by atoms with Gasteiger partial charge in [0.2, 0.25) is 0 Å². The quantitative estimate of drug-likeness (QED) is 0.358. The van der Waals surface area contributed by atoms with Crippen molar-refractivity contribution in [3.8, 4) is 11.1 Å². The Morgan fingerprint density at radius 1 is 0.897 bits per heavy atom. The van der Waals surface area contributed by atoms with Crippen molar-refractivity contribution in [3.05, 3.63) is 83.9 Å². The van der Waals surface area contributed by atoms with Gasteiger partial charge in [-0.3, -0.25) is 0 Å². The Bertz CT molecular complexity index is 1380. The number of aromatic nitrogens is 1. The lowest BCUT2D eigenvalue weighted by Crippen LogP contribution is -2.08. The van der Waals surface area contributed by atoms with Crippen molar-refractivity contribution in [2.24, 2.45) is 0 Å². The average molecular weight is 379 g/mol. The molecule has 0 atom stereocenters. The number of rotatable bonds is 3. The lowest BCUT2D eigenvalue weighted by Gasteiger charge is -2.16. The topological polar surface area (TPSA) is 42.1 Å². The second-order valence-electron chi connectivity index (χ2n) is 7.31. The van der Waals surface area contributed by atoms with E-state index in [-0.39, 0.29) is 5.97 Å². The Labute approximate surface area is 168 Å². The van der Waals surface area contributed by atoms with Crippen molar-refractivity contribution < 1.29 is 9.53 Å². The Balaban J connectivity index is 2.08. The summed E-state index contributed by atoms with van der Waals surface area (Å²) in [5.41, 5.74) is 5.78. The highest BCUT2D eigenvalue weighted by Gasteiger charge is 2.24. The van der Waals surface area contributed by atoms with Gasteiger partial charge < -0.3 is 9.72 Å². The summed E-state index contributed by atoms with van der Waals surface area (Å²) in [7, 11) is 0. The molecule has 0 bridgehead atoms. The first-order valence-electron chi connectivity index (χ1n) is 9.88. The molecule has 0 unspecified atom stereocenters. The van der Waals surface area contributed by atoms with Crippen LogP contribution in [0.3, 0.4) is 0 Å². The summed E-state index contributed by atoms with van der Waals surface area (Å²) >= 11 is 0. The maximum Gasteiger partial charge on any atom is 0.339 e. The largest absolute Gasteiger partial charge is 0.462 e. The van der Waals surface area contributed by atoms with Crippen LogP contribution >= 0.6 is 0 Å². The molecule has 5 aromatic rings. The van der Waals surface area contributed by atoms with Crippen molar-refractivity contribution in [1.29, 1.82) is 0 Å². The molecule has 1 heterocycles. The molecule has 0 saturated carbocycles. The summed E-state index contributed by atoms with van der Waals surface area (Å²) in [5.74, 6) is -0.283. The van der Waals surface area contributed by atoms with E-state index in [1.807, 2.05) is 44.2 Å². The molecule has 1 N–H and O–H groups in total. The molecule has 1 aromatic heterocycles. The fourth-order valence-corrected chi connectivity index (χ4v) is 4.26. The highest BCUT2D eigenvalue weighted by Crippen LogP contribution is 2.43. The van der Waals surface area contributed by atoms with Crippen LogP contribution in [0.5, 0.6) is 0 Å². The van der Waals surface area contributed by atoms with Crippen molar-refractivity contribution in [1.82, 2.24) is 4.98 Å². The standard InChI is InChI=1S/C26H21NO2/c1-3-29-26(28)24-20-15-16(2)13-14-18(20)25-23(19-11-7-8-12-21(19)27-25)22(24)17-9-5-4-6-10-17/h4-15,27H,3H2,1-2H3. The lowest BCUT2D eigenvalue weighted by molar-refractivity contribution is 0.0529. The van der Waals surface area contributed by atoms with Crippen LogP contribution in [-0.4, -0.2) is 17.6 Å². The van der Waals surface area contributed by atoms with E-state index in [9.17, 15) is 4.79 Å². The van der Waals surface area contributed by atoms with Gasteiger partial charge in [0.25, 0.3) is 0 Å². The van der Waals surface area contributed by atoms with Crippen molar-refractivity contribution in [2.75, 3.05) is 6.61 Å². The molecular formula is C26H21NO2. The van der Waals surface area contributed by atoms with Crippen molar-refractivity contribution in [2.45, 2.75) is 13.8 Å². The van der Waals surface area contributed by atoms with E-state index in [1.165, 1.54) is 0 Å². The van der Waals surface area contributed by atoms with Gasteiger partial charge in [0.15, 0.2) is 0 Å². The summed E-state index contributed by atoms with van der Waals surface area (Å²) in [5, 5.41) is 4.12. The van der Waals surface area contributed by atoms with Gasteiger partial charge in [0, 0.05) is 27.2 Å². The summed E-state index contributed by atoms with van der Waals surface area (Å²) in [6, 6.07) is 24.6. The Hall–Kier alpha value is -3.59. The number of para-hydroxylation sites is 1. The summed E-state index contributed by atoms with van der Waals surface area (Å²) < 4.78 is 5.53. The summed E-state index contributed by atoms with van der Waals surface area (Å²) in [6.07, 6.45) is 0. The minimum atomic E-state index is -0.283. The predicted molar refractivity (Wildman–Crippen MR) is 119 cm³/mol. The SMILES string of the molecule is CCOC(=O)c1c(-c2ccccc2)c2c3ccccc3[nH]c2c2ccc(C)cc12. The number of hydrogen-bond donors (Lipinski definition) is 1. The van der Waals surface area contributed by atoms with Crippen LogP contribution in [0.1, 0.15) is 22.8 Å². The maximum atomic E-state index is 13.2. The van der Waals surface area contributed by atoms with Gasteiger partial charge in [-0.2, -0.15) is 0 Å². The number of aryl methyl sites for hydroxylation is 1. The number of benzene rings is 4. The zero-order chi connectivity index (χ0) is 20.0. The number of carbonyl (C=O) groups excluding carboxylic acids is 1. The fraction of sp³-hybridized carbons (Fsp3) is 0.115. The molecule has 29 heavy (non-hydrogen) atoms. The minimum Gasteiger partial charge on any atom is -0.462 e. The molecule has 4 aromatic carbocycles. The molecule has 5 rings (SSSR count). The zero-order valence-electron chi connectivity index (χ0n) is 16.5. The second-order valence-corrected chi connectivity index (χ2v) is 7.31. The number of hydrogen-bond acceptors (Lipinski definition) is 2. The molecule has 0 fully saturated rings. The minimum absolute atomic E-state index is 0.283. The van der Waals surface area contributed by atoms with E-state index < -0.39 is 0 Å². The molecule has 0 aliphatic rings. The highest BCUT2D eigenvalue weighted by molar-refractivity contribution is 6.28. The maximum absolute atomic E-state index is 13.2. The number of esters is 1. The normalized spacial score (nSPS) is 11.4. The van der Waals surface area contributed by atoms with E-state index in [1.54, 1.807) is 0 Å². The molecule has 0 aliphatic carbocycles. The van der Waals surface area contributed by atoms with Crippen LogP contribution in [0.2, 0.25) is 0 Å². The Kier molecular flexibility index (Phi) is 4.09. The van der Waals surface area contributed by atoms with Gasteiger partial charge in [0.05, 0.1) is 17.7 Å². The van der Waals surface area contributed by atoms with Crippen LogP contribution in [0.4, 0.5) is 0 Å². The Morgan fingerprint density at radius 2 is 1.66 bits per heavy atom. The number of fused-ring (bicyclic) bond motifs is 5. The number of nitrogens with one attached hydrogen (secondary N) is 1. The monoisotopic (exact) mass is 379 g/mol. The highest BCUT2D eigenvalue weighted by atomic mass is 16.5. The summed E-state index contributed by atoms with van der Waals surface area (Å²) in [4.78, 5) is 16.8. The third-order valence-electron chi connectivity index (χ3n) is 5.46. The van der Waals surface area contributed by atoms with Gasteiger partial charge in [-0.1, -0.05) is 72.3 Å². The predicted octanol–water partition coefficient (Wildman–Crippen LogP) is 6.63. The van der Waals surface area contributed by atoms with E-state index >= 15 is 0 Å².